The lowest BCUT2D eigenvalue weighted by molar-refractivity contribution is -0.142. The smallest absolute Gasteiger partial charge is 0.306 e. The molecule has 4 heteroatoms. The Kier molecular flexibility index (Phi) is 2.84. The van der Waals surface area contributed by atoms with E-state index < -0.39 is 0 Å². The van der Waals surface area contributed by atoms with Crippen LogP contribution in [-0.4, -0.2) is 5.97 Å². The Morgan fingerprint density at radius 1 is 1.17 bits per heavy atom. The number of rotatable bonds is 2. The Hall–Kier alpha value is -1.74. The van der Waals surface area contributed by atoms with Gasteiger partial charge in [-0.1, -0.05) is 23.7 Å². The van der Waals surface area contributed by atoms with E-state index in [-0.39, 0.29) is 12.1 Å². The number of cyclic esters (lactones) is 1. The van der Waals surface area contributed by atoms with Crippen molar-refractivity contribution >= 4 is 17.6 Å². The van der Waals surface area contributed by atoms with Gasteiger partial charge in [-0.25, -0.2) is 0 Å². The van der Waals surface area contributed by atoms with Gasteiger partial charge >= 0.3 is 5.97 Å². The van der Waals surface area contributed by atoms with Gasteiger partial charge in [-0.15, -0.1) is 0 Å². The van der Waals surface area contributed by atoms with E-state index in [1.54, 1.807) is 0 Å². The number of carbonyl (C=O) groups excluding carboxylic acids is 1. The lowest BCUT2D eigenvalue weighted by Gasteiger charge is -2.05. The van der Waals surface area contributed by atoms with Crippen LogP contribution < -0.4 is 0 Å². The number of halogens is 1. The molecule has 0 radical (unpaired) electrons. The molecule has 1 aliphatic rings. The molecule has 1 unspecified atom stereocenters. The summed E-state index contributed by atoms with van der Waals surface area (Å²) in [5.74, 6) is 1.20. The van der Waals surface area contributed by atoms with Crippen LogP contribution in [0.25, 0.3) is 11.3 Å². The average molecular weight is 263 g/mol. The SMILES string of the molecule is O=C1CCC(c2ccc(-c3ccccc3Cl)o2)O1. The molecule has 3 rings (SSSR count). The molecular formula is C14H11ClO3. The first-order valence-electron chi connectivity index (χ1n) is 5.78. The van der Waals surface area contributed by atoms with Gasteiger partial charge in [0, 0.05) is 18.4 Å². The average Bonchev–Trinajstić information content (AvgIpc) is 2.98. The van der Waals surface area contributed by atoms with Crippen LogP contribution in [-0.2, 0) is 9.53 Å². The third-order valence-corrected chi connectivity index (χ3v) is 3.30. The van der Waals surface area contributed by atoms with Crippen molar-refractivity contribution in [2.24, 2.45) is 0 Å². The molecule has 3 nitrogen and oxygen atoms in total. The molecule has 1 saturated heterocycles. The van der Waals surface area contributed by atoms with Crippen molar-refractivity contribution in [3.8, 4) is 11.3 Å². The highest BCUT2D eigenvalue weighted by Crippen LogP contribution is 2.35. The van der Waals surface area contributed by atoms with Gasteiger partial charge in [0.05, 0.1) is 5.02 Å². The second-order valence-electron chi connectivity index (χ2n) is 4.20. The first-order valence-corrected chi connectivity index (χ1v) is 6.16. The van der Waals surface area contributed by atoms with Gasteiger partial charge in [0.1, 0.15) is 11.5 Å². The van der Waals surface area contributed by atoms with Crippen molar-refractivity contribution in [1.82, 2.24) is 0 Å². The zero-order valence-electron chi connectivity index (χ0n) is 9.56. The molecular weight excluding hydrogens is 252 g/mol. The van der Waals surface area contributed by atoms with E-state index in [9.17, 15) is 4.79 Å². The molecule has 0 bridgehead atoms. The van der Waals surface area contributed by atoms with E-state index in [1.165, 1.54) is 0 Å². The highest BCUT2D eigenvalue weighted by atomic mass is 35.5. The van der Waals surface area contributed by atoms with Gasteiger partial charge < -0.3 is 9.15 Å². The van der Waals surface area contributed by atoms with Gasteiger partial charge in [0.25, 0.3) is 0 Å². The fourth-order valence-electron chi connectivity index (χ4n) is 2.06. The molecule has 0 N–H and O–H groups in total. The number of hydrogen-bond donors (Lipinski definition) is 0. The third-order valence-electron chi connectivity index (χ3n) is 2.97. The van der Waals surface area contributed by atoms with E-state index >= 15 is 0 Å². The number of benzene rings is 1. The molecule has 0 aliphatic carbocycles. The fraction of sp³-hybridized carbons (Fsp3) is 0.214. The summed E-state index contributed by atoms with van der Waals surface area (Å²) in [6, 6.07) is 11.2. The molecule has 0 saturated carbocycles. The van der Waals surface area contributed by atoms with Crippen molar-refractivity contribution in [1.29, 1.82) is 0 Å². The van der Waals surface area contributed by atoms with E-state index in [1.807, 2.05) is 36.4 Å². The first-order chi connectivity index (χ1) is 8.74. The maximum atomic E-state index is 11.1. The van der Waals surface area contributed by atoms with Crippen LogP contribution in [0.3, 0.4) is 0 Å². The molecule has 1 aromatic heterocycles. The summed E-state index contributed by atoms with van der Waals surface area (Å²) < 4.78 is 10.9. The van der Waals surface area contributed by atoms with Crippen LogP contribution in [0.1, 0.15) is 24.7 Å². The summed E-state index contributed by atoms with van der Waals surface area (Å²) in [5.41, 5.74) is 0.842. The van der Waals surface area contributed by atoms with Crippen LogP contribution in [0.15, 0.2) is 40.8 Å². The molecule has 0 spiro atoms. The fourth-order valence-corrected chi connectivity index (χ4v) is 2.29. The van der Waals surface area contributed by atoms with E-state index in [2.05, 4.69) is 0 Å². The van der Waals surface area contributed by atoms with Gasteiger partial charge in [0.15, 0.2) is 6.10 Å². The predicted octanol–water partition coefficient (Wildman–Crippen LogP) is 3.98. The second kappa shape index (κ2) is 4.50. The zero-order valence-corrected chi connectivity index (χ0v) is 10.3. The molecule has 0 amide bonds. The highest BCUT2D eigenvalue weighted by molar-refractivity contribution is 6.33. The summed E-state index contributed by atoms with van der Waals surface area (Å²) >= 11 is 6.11. The lowest BCUT2D eigenvalue weighted by Crippen LogP contribution is -1.96. The first kappa shape index (κ1) is 11.4. The molecule has 2 aromatic rings. The van der Waals surface area contributed by atoms with Crippen molar-refractivity contribution < 1.29 is 13.9 Å². The summed E-state index contributed by atoms with van der Waals surface area (Å²) in [6.07, 6.45) is 0.870. The molecule has 18 heavy (non-hydrogen) atoms. The largest absolute Gasteiger partial charge is 0.457 e. The van der Waals surface area contributed by atoms with Gasteiger partial charge in [0.2, 0.25) is 0 Å². The Morgan fingerprint density at radius 3 is 2.72 bits per heavy atom. The third kappa shape index (κ3) is 2.02. The summed E-state index contributed by atoms with van der Waals surface area (Å²) in [7, 11) is 0. The predicted molar refractivity (Wildman–Crippen MR) is 67.2 cm³/mol. The van der Waals surface area contributed by atoms with Crippen LogP contribution in [0.2, 0.25) is 5.02 Å². The van der Waals surface area contributed by atoms with Gasteiger partial charge in [-0.3, -0.25) is 4.79 Å². The quantitative estimate of drug-likeness (QED) is 0.769. The Labute approximate surface area is 109 Å². The van der Waals surface area contributed by atoms with Crippen LogP contribution in [0.5, 0.6) is 0 Å². The number of furan rings is 1. The van der Waals surface area contributed by atoms with Crippen molar-refractivity contribution in [3.63, 3.8) is 0 Å². The maximum Gasteiger partial charge on any atom is 0.306 e. The molecule has 1 fully saturated rings. The van der Waals surface area contributed by atoms with E-state index in [0.29, 0.717) is 29.4 Å². The number of esters is 1. The number of hydrogen-bond acceptors (Lipinski definition) is 3. The number of ether oxygens (including phenoxy) is 1. The normalized spacial score (nSPS) is 18.9. The minimum absolute atomic E-state index is 0.171. The van der Waals surface area contributed by atoms with Crippen LogP contribution in [0.4, 0.5) is 0 Å². The summed E-state index contributed by atoms with van der Waals surface area (Å²) in [6.45, 7) is 0. The monoisotopic (exact) mass is 262 g/mol. The van der Waals surface area contributed by atoms with E-state index in [0.717, 1.165) is 5.56 Å². The van der Waals surface area contributed by atoms with Crippen molar-refractivity contribution in [2.75, 3.05) is 0 Å². The Morgan fingerprint density at radius 2 is 2.00 bits per heavy atom. The zero-order chi connectivity index (χ0) is 12.5. The summed E-state index contributed by atoms with van der Waals surface area (Å²) in [4.78, 5) is 11.1. The van der Waals surface area contributed by atoms with Crippen molar-refractivity contribution in [3.05, 3.63) is 47.2 Å². The second-order valence-corrected chi connectivity index (χ2v) is 4.61. The molecule has 1 atom stereocenters. The van der Waals surface area contributed by atoms with Gasteiger partial charge in [-0.2, -0.15) is 0 Å². The minimum atomic E-state index is -0.256. The molecule has 2 heterocycles. The van der Waals surface area contributed by atoms with Crippen LogP contribution >= 0.6 is 11.6 Å². The maximum absolute atomic E-state index is 11.1. The number of carbonyl (C=O) groups is 1. The molecule has 1 aliphatic heterocycles. The molecule has 92 valence electrons. The minimum Gasteiger partial charge on any atom is -0.457 e. The van der Waals surface area contributed by atoms with Gasteiger partial charge in [-0.05, 0) is 24.3 Å². The van der Waals surface area contributed by atoms with E-state index in [4.69, 9.17) is 20.8 Å². The Bertz CT molecular complexity index is 588. The van der Waals surface area contributed by atoms with Crippen LogP contribution in [0, 0.1) is 0 Å². The van der Waals surface area contributed by atoms with Crippen molar-refractivity contribution in [2.45, 2.75) is 18.9 Å². The molecule has 1 aromatic carbocycles. The Balaban J connectivity index is 1.90. The summed E-state index contributed by atoms with van der Waals surface area (Å²) in [5, 5.41) is 0.641. The lowest BCUT2D eigenvalue weighted by atomic mass is 10.2. The topological polar surface area (TPSA) is 39.4 Å². The highest BCUT2D eigenvalue weighted by Gasteiger charge is 2.27. The standard InChI is InChI=1S/C14H11ClO3/c15-10-4-2-1-3-9(10)11-5-6-12(17-11)13-7-8-14(16)18-13/h1-6,13H,7-8H2.